The van der Waals surface area contributed by atoms with Crippen LogP contribution in [0, 0.1) is 6.92 Å². The second kappa shape index (κ2) is 4.07. The fourth-order valence-corrected chi connectivity index (χ4v) is 2.56. The molecule has 1 atom stereocenters. The van der Waals surface area contributed by atoms with Crippen molar-refractivity contribution in [1.29, 1.82) is 0 Å². The monoisotopic (exact) mass is 240 g/mol. The zero-order chi connectivity index (χ0) is 11.8. The molecule has 0 spiro atoms. The number of aryl methyl sites for hydroxylation is 1. The van der Waals surface area contributed by atoms with Crippen LogP contribution in [0.1, 0.15) is 18.2 Å². The van der Waals surface area contributed by atoms with E-state index in [-0.39, 0.29) is 6.03 Å². The third-order valence-electron chi connectivity index (χ3n) is 2.71. The number of anilines is 1. The Labute approximate surface area is 98.9 Å². The Morgan fingerprint density at radius 1 is 1.62 bits per heavy atom. The summed E-state index contributed by atoms with van der Waals surface area (Å²) in [6.45, 7) is 4.78. The van der Waals surface area contributed by atoms with Crippen LogP contribution in [0.3, 0.4) is 0 Å². The molecule has 1 aromatic rings. The number of nitrogens with one attached hydrogen (secondary N) is 1. The number of β-amino-alcohol motifs (C(OH)–C–C–N with tert-alkyl or cyclic N) is 1. The second-order valence-corrected chi connectivity index (χ2v) is 5.80. The molecule has 1 saturated heterocycles. The zero-order valence-corrected chi connectivity index (χ0v) is 10.3. The Morgan fingerprint density at radius 2 is 2.38 bits per heavy atom. The van der Waals surface area contributed by atoms with E-state index in [9.17, 15) is 9.90 Å². The van der Waals surface area contributed by atoms with E-state index in [0.29, 0.717) is 19.5 Å². The first-order valence-corrected chi connectivity index (χ1v) is 6.13. The van der Waals surface area contributed by atoms with Crippen molar-refractivity contribution >= 4 is 22.4 Å². The third-order valence-corrected chi connectivity index (χ3v) is 3.63. The van der Waals surface area contributed by atoms with Crippen LogP contribution in [-0.2, 0) is 0 Å². The number of carbonyl (C=O) groups excluding carboxylic acids is 1. The predicted octanol–water partition coefficient (Wildman–Crippen LogP) is 2.05. The molecule has 88 valence electrons. The number of amides is 2. The average Bonchev–Trinajstić information content (AvgIpc) is 2.72. The fraction of sp³-hybridized carbons (Fsp3) is 0.545. The fourth-order valence-electron chi connectivity index (χ4n) is 1.80. The van der Waals surface area contributed by atoms with Crippen molar-refractivity contribution in [3.63, 3.8) is 0 Å². The molecule has 2 heterocycles. The number of hydrogen-bond acceptors (Lipinski definition) is 3. The molecular formula is C11H16N2O2S. The smallest absolute Gasteiger partial charge is 0.322 e. The molecule has 1 aliphatic heterocycles. The predicted molar refractivity (Wildman–Crippen MR) is 64.9 cm³/mol. The van der Waals surface area contributed by atoms with Gasteiger partial charge in [0.25, 0.3) is 0 Å². The van der Waals surface area contributed by atoms with Gasteiger partial charge >= 0.3 is 6.03 Å². The SMILES string of the molecule is Cc1ccc(NC(=O)N2CCC(C)(O)C2)s1. The third kappa shape index (κ3) is 2.54. The van der Waals surface area contributed by atoms with Gasteiger partial charge in [-0.1, -0.05) is 0 Å². The minimum atomic E-state index is -0.733. The van der Waals surface area contributed by atoms with E-state index in [1.165, 1.54) is 4.88 Å². The van der Waals surface area contributed by atoms with Crippen molar-refractivity contribution < 1.29 is 9.90 Å². The first kappa shape index (κ1) is 11.4. The Kier molecular flexibility index (Phi) is 2.90. The highest BCUT2D eigenvalue weighted by molar-refractivity contribution is 7.16. The summed E-state index contributed by atoms with van der Waals surface area (Å²) in [5.74, 6) is 0. The number of carbonyl (C=O) groups is 1. The van der Waals surface area contributed by atoms with E-state index < -0.39 is 5.60 Å². The summed E-state index contributed by atoms with van der Waals surface area (Å²) in [4.78, 5) is 14.6. The molecule has 16 heavy (non-hydrogen) atoms. The first-order chi connectivity index (χ1) is 7.46. The number of thiophene rings is 1. The molecule has 5 heteroatoms. The average molecular weight is 240 g/mol. The second-order valence-electron chi connectivity index (χ2n) is 4.51. The summed E-state index contributed by atoms with van der Waals surface area (Å²) in [7, 11) is 0. The quantitative estimate of drug-likeness (QED) is 0.789. The molecule has 0 radical (unpaired) electrons. The lowest BCUT2D eigenvalue weighted by molar-refractivity contribution is 0.0727. The van der Waals surface area contributed by atoms with E-state index >= 15 is 0 Å². The molecular weight excluding hydrogens is 224 g/mol. The molecule has 4 nitrogen and oxygen atoms in total. The maximum atomic E-state index is 11.8. The number of nitrogens with zero attached hydrogens (tertiary/aromatic N) is 1. The van der Waals surface area contributed by atoms with Crippen LogP contribution in [0.25, 0.3) is 0 Å². The standard InChI is InChI=1S/C11H16N2O2S/c1-8-3-4-9(16-8)12-10(14)13-6-5-11(2,15)7-13/h3-4,15H,5-7H2,1-2H3,(H,12,14). The summed E-state index contributed by atoms with van der Waals surface area (Å²) in [5, 5.41) is 13.5. The zero-order valence-electron chi connectivity index (χ0n) is 9.49. The first-order valence-electron chi connectivity index (χ1n) is 5.31. The lowest BCUT2D eigenvalue weighted by atomic mass is 10.1. The maximum absolute atomic E-state index is 11.8. The largest absolute Gasteiger partial charge is 0.388 e. The highest BCUT2D eigenvalue weighted by Gasteiger charge is 2.33. The van der Waals surface area contributed by atoms with Gasteiger partial charge in [-0.3, -0.25) is 5.32 Å². The maximum Gasteiger partial charge on any atom is 0.322 e. The van der Waals surface area contributed by atoms with Gasteiger partial charge in [-0.15, -0.1) is 11.3 Å². The Hall–Kier alpha value is -1.07. The van der Waals surface area contributed by atoms with E-state index in [1.807, 2.05) is 19.1 Å². The van der Waals surface area contributed by atoms with Crippen LogP contribution < -0.4 is 5.32 Å². The van der Waals surface area contributed by atoms with Gasteiger partial charge in [-0.25, -0.2) is 4.79 Å². The summed E-state index contributed by atoms with van der Waals surface area (Å²) in [6, 6.07) is 3.74. The van der Waals surface area contributed by atoms with Crippen molar-refractivity contribution in [2.45, 2.75) is 25.9 Å². The molecule has 1 fully saturated rings. The number of hydrogen-bond donors (Lipinski definition) is 2. The van der Waals surface area contributed by atoms with Gasteiger partial charge in [-0.2, -0.15) is 0 Å². The van der Waals surface area contributed by atoms with E-state index in [4.69, 9.17) is 0 Å². The number of likely N-dealkylation sites (tertiary alicyclic amines) is 1. The molecule has 0 aliphatic carbocycles. The van der Waals surface area contributed by atoms with Gasteiger partial charge in [0, 0.05) is 11.4 Å². The van der Waals surface area contributed by atoms with Crippen molar-refractivity contribution in [2.75, 3.05) is 18.4 Å². The Bertz CT molecular complexity index is 400. The van der Waals surface area contributed by atoms with E-state index in [0.717, 1.165) is 5.00 Å². The summed E-state index contributed by atoms with van der Waals surface area (Å²) < 4.78 is 0. The van der Waals surface area contributed by atoms with Gasteiger partial charge in [0.2, 0.25) is 0 Å². The van der Waals surface area contributed by atoms with Crippen LogP contribution in [-0.4, -0.2) is 34.7 Å². The van der Waals surface area contributed by atoms with Crippen molar-refractivity contribution in [3.05, 3.63) is 17.0 Å². The topological polar surface area (TPSA) is 52.6 Å². The lowest BCUT2D eigenvalue weighted by Crippen LogP contribution is -2.36. The van der Waals surface area contributed by atoms with Crippen molar-refractivity contribution in [1.82, 2.24) is 4.90 Å². The summed E-state index contributed by atoms with van der Waals surface area (Å²) in [6.07, 6.45) is 0.643. The molecule has 0 aromatic carbocycles. The molecule has 1 aromatic heterocycles. The van der Waals surface area contributed by atoms with Gasteiger partial charge < -0.3 is 10.0 Å². The summed E-state index contributed by atoms with van der Waals surface area (Å²) in [5.41, 5.74) is -0.733. The van der Waals surface area contributed by atoms with Crippen LogP contribution in [0.15, 0.2) is 12.1 Å². The van der Waals surface area contributed by atoms with Gasteiger partial charge in [0.15, 0.2) is 0 Å². The molecule has 2 N–H and O–H groups in total. The number of aliphatic hydroxyl groups is 1. The lowest BCUT2D eigenvalue weighted by Gasteiger charge is -2.18. The van der Waals surface area contributed by atoms with Crippen LogP contribution >= 0.6 is 11.3 Å². The molecule has 1 unspecified atom stereocenters. The Balaban J connectivity index is 1.94. The normalized spacial score (nSPS) is 24.8. The Morgan fingerprint density at radius 3 is 2.88 bits per heavy atom. The van der Waals surface area contributed by atoms with Crippen LogP contribution in [0.5, 0.6) is 0 Å². The van der Waals surface area contributed by atoms with E-state index in [2.05, 4.69) is 5.32 Å². The van der Waals surface area contributed by atoms with E-state index in [1.54, 1.807) is 23.2 Å². The molecule has 2 amide bonds. The highest BCUT2D eigenvalue weighted by atomic mass is 32.1. The van der Waals surface area contributed by atoms with Crippen molar-refractivity contribution in [2.24, 2.45) is 0 Å². The van der Waals surface area contributed by atoms with Gasteiger partial charge in [0.1, 0.15) is 0 Å². The highest BCUT2D eigenvalue weighted by Crippen LogP contribution is 2.24. The van der Waals surface area contributed by atoms with Crippen LogP contribution in [0.2, 0.25) is 0 Å². The summed E-state index contributed by atoms with van der Waals surface area (Å²) >= 11 is 1.55. The van der Waals surface area contributed by atoms with Gasteiger partial charge in [0.05, 0.1) is 17.1 Å². The van der Waals surface area contributed by atoms with Gasteiger partial charge in [-0.05, 0) is 32.4 Å². The molecule has 0 bridgehead atoms. The van der Waals surface area contributed by atoms with Crippen molar-refractivity contribution in [3.8, 4) is 0 Å². The molecule has 1 aliphatic rings. The molecule has 2 rings (SSSR count). The molecule has 0 saturated carbocycles. The van der Waals surface area contributed by atoms with Crippen LogP contribution in [0.4, 0.5) is 9.80 Å². The minimum absolute atomic E-state index is 0.125. The number of rotatable bonds is 1. The minimum Gasteiger partial charge on any atom is -0.388 e. The number of urea groups is 1.